The van der Waals surface area contributed by atoms with E-state index in [1.54, 1.807) is 18.5 Å². The van der Waals surface area contributed by atoms with Gasteiger partial charge in [-0.15, -0.1) is 0 Å². The number of thioether (sulfide) groups is 1. The molecule has 0 aliphatic carbocycles. The fraction of sp³-hybridized carbons (Fsp3) is 0.429. The maximum absolute atomic E-state index is 12.1. The SMILES string of the molecule is NCC#Cc1cnccc1C(=O)NCC1CCCS1. The molecular weight excluding hydrogens is 258 g/mol. The molecule has 2 rings (SSSR count). The van der Waals surface area contributed by atoms with E-state index in [9.17, 15) is 4.79 Å². The molecule has 0 aromatic carbocycles. The van der Waals surface area contributed by atoms with E-state index in [0.717, 1.165) is 6.54 Å². The lowest BCUT2D eigenvalue weighted by Gasteiger charge is -2.10. The highest BCUT2D eigenvalue weighted by Gasteiger charge is 2.17. The molecule has 1 aliphatic rings. The predicted octanol–water partition coefficient (Wildman–Crippen LogP) is 1.02. The van der Waals surface area contributed by atoms with Gasteiger partial charge in [0.25, 0.3) is 5.91 Å². The molecule has 2 heterocycles. The van der Waals surface area contributed by atoms with E-state index in [2.05, 4.69) is 22.1 Å². The minimum absolute atomic E-state index is 0.0868. The van der Waals surface area contributed by atoms with Crippen LogP contribution >= 0.6 is 11.8 Å². The van der Waals surface area contributed by atoms with Crippen LogP contribution in [0.3, 0.4) is 0 Å². The lowest BCUT2D eigenvalue weighted by Crippen LogP contribution is -2.30. The summed E-state index contributed by atoms with van der Waals surface area (Å²) in [6, 6.07) is 1.69. The molecule has 0 radical (unpaired) electrons. The summed E-state index contributed by atoms with van der Waals surface area (Å²) >= 11 is 1.93. The first-order valence-corrected chi connectivity index (χ1v) is 7.39. The van der Waals surface area contributed by atoms with Crippen LogP contribution in [0, 0.1) is 11.8 Å². The Labute approximate surface area is 117 Å². The Morgan fingerprint density at radius 1 is 1.63 bits per heavy atom. The molecule has 1 aromatic heterocycles. The normalized spacial score (nSPS) is 17.6. The van der Waals surface area contributed by atoms with Crippen LogP contribution in [0.1, 0.15) is 28.8 Å². The van der Waals surface area contributed by atoms with Crippen LogP contribution < -0.4 is 11.1 Å². The summed E-state index contributed by atoms with van der Waals surface area (Å²) in [7, 11) is 0. The van der Waals surface area contributed by atoms with E-state index < -0.39 is 0 Å². The van der Waals surface area contributed by atoms with Crippen molar-refractivity contribution in [2.45, 2.75) is 18.1 Å². The largest absolute Gasteiger partial charge is 0.351 e. The van der Waals surface area contributed by atoms with Gasteiger partial charge in [-0.3, -0.25) is 9.78 Å². The average molecular weight is 275 g/mol. The zero-order chi connectivity index (χ0) is 13.5. The van der Waals surface area contributed by atoms with Gasteiger partial charge in [0.2, 0.25) is 0 Å². The van der Waals surface area contributed by atoms with Crippen molar-refractivity contribution in [3.63, 3.8) is 0 Å². The molecule has 1 fully saturated rings. The topological polar surface area (TPSA) is 68.0 Å². The van der Waals surface area contributed by atoms with Gasteiger partial charge < -0.3 is 11.1 Å². The Morgan fingerprint density at radius 2 is 2.53 bits per heavy atom. The Balaban J connectivity index is 2.01. The Bertz CT molecular complexity index is 501. The van der Waals surface area contributed by atoms with Crippen molar-refractivity contribution in [2.24, 2.45) is 5.73 Å². The highest BCUT2D eigenvalue weighted by Crippen LogP contribution is 2.25. The Morgan fingerprint density at radius 3 is 3.26 bits per heavy atom. The molecule has 1 aliphatic heterocycles. The maximum atomic E-state index is 12.1. The van der Waals surface area contributed by atoms with Gasteiger partial charge >= 0.3 is 0 Å². The third-order valence-electron chi connectivity index (χ3n) is 2.91. The number of carbonyl (C=O) groups excluding carboxylic acids is 1. The van der Waals surface area contributed by atoms with E-state index in [-0.39, 0.29) is 12.5 Å². The Kier molecular flexibility index (Phi) is 5.25. The first-order chi connectivity index (χ1) is 9.31. The van der Waals surface area contributed by atoms with Crippen LogP contribution in [0.4, 0.5) is 0 Å². The van der Waals surface area contributed by atoms with Crippen molar-refractivity contribution in [3.05, 3.63) is 29.6 Å². The van der Waals surface area contributed by atoms with Crippen LogP contribution in [-0.4, -0.2) is 35.0 Å². The van der Waals surface area contributed by atoms with Gasteiger partial charge in [-0.2, -0.15) is 11.8 Å². The first-order valence-electron chi connectivity index (χ1n) is 6.34. The van der Waals surface area contributed by atoms with Gasteiger partial charge in [0.05, 0.1) is 17.7 Å². The number of nitrogens with zero attached hydrogens (tertiary/aromatic N) is 1. The average Bonchev–Trinajstić information content (AvgIpc) is 2.96. The Hall–Kier alpha value is -1.51. The van der Waals surface area contributed by atoms with E-state index in [1.807, 2.05) is 11.8 Å². The molecule has 1 atom stereocenters. The highest BCUT2D eigenvalue weighted by atomic mass is 32.2. The zero-order valence-corrected chi connectivity index (χ0v) is 11.5. The third kappa shape index (κ3) is 3.98. The second kappa shape index (κ2) is 7.17. The lowest BCUT2D eigenvalue weighted by molar-refractivity contribution is 0.0953. The van der Waals surface area contributed by atoms with E-state index >= 15 is 0 Å². The molecule has 1 amide bonds. The van der Waals surface area contributed by atoms with Crippen molar-refractivity contribution in [1.29, 1.82) is 0 Å². The predicted molar refractivity (Wildman–Crippen MR) is 78.0 cm³/mol. The molecule has 100 valence electrons. The molecule has 0 bridgehead atoms. The van der Waals surface area contributed by atoms with E-state index in [0.29, 0.717) is 16.4 Å². The summed E-state index contributed by atoms with van der Waals surface area (Å²) < 4.78 is 0. The first kappa shape index (κ1) is 13.9. The van der Waals surface area contributed by atoms with Crippen molar-refractivity contribution in [2.75, 3.05) is 18.8 Å². The number of nitrogens with one attached hydrogen (secondary N) is 1. The second-order valence-electron chi connectivity index (χ2n) is 4.27. The monoisotopic (exact) mass is 275 g/mol. The van der Waals surface area contributed by atoms with Crippen molar-refractivity contribution in [1.82, 2.24) is 10.3 Å². The molecule has 1 aromatic rings. The van der Waals surface area contributed by atoms with Gasteiger partial charge in [0.15, 0.2) is 0 Å². The number of aromatic nitrogens is 1. The van der Waals surface area contributed by atoms with Gasteiger partial charge in [0.1, 0.15) is 0 Å². The smallest absolute Gasteiger partial charge is 0.252 e. The van der Waals surface area contributed by atoms with Crippen LogP contribution in [0.5, 0.6) is 0 Å². The number of hydrogen-bond acceptors (Lipinski definition) is 4. The lowest BCUT2D eigenvalue weighted by atomic mass is 10.1. The van der Waals surface area contributed by atoms with Crippen molar-refractivity contribution in [3.8, 4) is 11.8 Å². The maximum Gasteiger partial charge on any atom is 0.252 e. The van der Waals surface area contributed by atoms with E-state index in [4.69, 9.17) is 5.73 Å². The second-order valence-corrected chi connectivity index (χ2v) is 5.68. The molecule has 4 nitrogen and oxygen atoms in total. The quantitative estimate of drug-likeness (QED) is 0.808. The van der Waals surface area contributed by atoms with E-state index in [1.165, 1.54) is 18.6 Å². The molecule has 3 N–H and O–H groups in total. The molecule has 1 unspecified atom stereocenters. The standard InChI is InChI=1S/C14H17N3OS/c15-6-1-3-11-9-16-7-5-13(11)14(18)17-10-12-4-2-8-19-12/h5,7,9,12H,2,4,6,8,10,15H2,(H,17,18). The van der Waals surface area contributed by atoms with Crippen molar-refractivity contribution < 1.29 is 4.79 Å². The van der Waals surface area contributed by atoms with Gasteiger partial charge in [0, 0.05) is 24.2 Å². The molecule has 19 heavy (non-hydrogen) atoms. The molecular formula is C14H17N3OS. The minimum atomic E-state index is -0.0868. The number of amides is 1. The summed E-state index contributed by atoms with van der Waals surface area (Å²) in [5.41, 5.74) is 6.54. The molecule has 1 saturated heterocycles. The van der Waals surface area contributed by atoms with Gasteiger partial charge in [-0.05, 0) is 24.7 Å². The highest BCUT2D eigenvalue weighted by molar-refractivity contribution is 8.00. The number of rotatable bonds is 3. The number of carbonyl (C=O) groups is 1. The van der Waals surface area contributed by atoms with Crippen LogP contribution in [-0.2, 0) is 0 Å². The molecule has 0 saturated carbocycles. The number of nitrogens with two attached hydrogens (primary N) is 1. The van der Waals surface area contributed by atoms with Crippen LogP contribution in [0.25, 0.3) is 0 Å². The number of hydrogen-bond donors (Lipinski definition) is 2. The summed E-state index contributed by atoms with van der Waals surface area (Å²) in [5, 5.41) is 3.52. The summed E-state index contributed by atoms with van der Waals surface area (Å²) in [5.74, 6) is 6.74. The zero-order valence-electron chi connectivity index (χ0n) is 10.7. The summed E-state index contributed by atoms with van der Waals surface area (Å²) in [6.07, 6.45) is 5.63. The fourth-order valence-electron chi connectivity index (χ4n) is 1.95. The van der Waals surface area contributed by atoms with Gasteiger partial charge in [-0.1, -0.05) is 11.8 Å². The van der Waals surface area contributed by atoms with Crippen LogP contribution in [0.2, 0.25) is 0 Å². The third-order valence-corrected chi connectivity index (χ3v) is 4.30. The van der Waals surface area contributed by atoms with Gasteiger partial charge in [-0.25, -0.2) is 0 Å². The van der Waals surface area contributed by atoms with Crippen LogP contribution in [0.15, 0.2) is 18.5 Å². The number of pyridine rings is 1. The summed E-state index contributed by atoms with van der Waals surface area (Å²) in [6.45, 7) is 0.990. The molecule has 0 spiro atoms. The summed E-state index contributed by atoms with van der Waals surface area (Å²) in [4.78, 5) is 16.1. The minimum Gasteiger partial charge on any atom is -0.351 e. The van der Waals surface area contributed by atoms with Crippen molar-refractivity contribution >= 4 is 17.7 Å². The fourth-order valence-corrected chi connectivity index (χ4v) is 3.15. The molecule has 5 heteroatoms.